The summed E-state index contributed by atoms with van der Waals surface area (Å²) in [6, 6.07) is 8.10. The lowest BCUT2D eigenvalue weighted by Crippen LogP contribution is -2.30. The van der Waals surface area contributed by atoms with Crippen LogP contribution in [0.5, 0.6) is 0 Å². The Morgan fingerprint density at radius 1 is 1.40 bits per heavy atom. The van der Waals surface area contributed by atoms with Crippen molar-refractivity contribution in [3.05, 3.63) is 50.7 Å². The van der Waals surface area contributed by atoms with Crippen molar-refractivity contribution in [1.29, 1.82) is 0 Å². The number of nitrogens with zero attached hydrogens (tertiary/aromatic N) is 2. The minimum absolute atomic E-state index is 0.00185. The van der Waals surface area contributed by atoms with Gasteiger partial charge in [-0.1, -0.05) is 39.7 Å². The molecule has 0 aliphatic rings. The van der Waals surface area contributed by atoms with Crippen molar-refractivity contribution in [2.24, 2.45) is 5.84 Å². The summed E-state index contributed by atoms with van der Waals surface area (Å²) < 4.78 is 2.98. The van der Waals surface area contributed by atoms with Crippen LogP contribution in [0.25, 0.3) is 0 Å². The van der Waals surface area contributed by atoms with Gasteiger partial charge < -0.3 is 0 Å². The zero-order valence-corrected chi connectivity index (χ0v) is 13.9. The smallest absolute Gasteiger partial charge is 0.0847 e. The molecule has 2 aromatic rings. The number of hydrazine groups is 1. The first-order chi connectivity index (χ1) is 9.56. The topological polar surface area (TPSA) is 55.9 Å². The van der Waals surface area contributed by atoms with Crippen LogP contribution in [0.3, 0.4) is 0 Å². The molecule has 1 aromatic heterocycles. The number of rotatable bonds is 5. The molecule has 1 unspecified atom stereocenters. The quantitative estimate of drug-likeness (QED) is 0.637. The van der Waals surface area contributed by atoms with Crippen LogP contribution in [0.4, 0.5) is 0 Å². The Bertz CT molecular complexity index is 580. The largest absolute Gasteiger partial charge is 0.271 e. The van der Waals surface area contributed by atoms with E-state index in [0.29, 0.717) is 6.42 Å². The molecule has 108 valence electrons. The summed E-state index contributed by atoms with van der Waals surface area (Å²) in [5.41, 5.74) is 5.85. The molecular formula is C14H18BrClN4. The molecule has 0 saturated carbocycles. The predicted molar refractivity (Wildman–Crippen MR) is 85.6 cm³/mol. The van der Waals surface area contributed by atoms with Gasteiger partial charge in [0.05, 0.1) is 22.5 Å². The van der Waals surface area contributed by atoms with Crippen LogP contribution < -0.4 is 11.3 Å². The van der Waals surface area contributed by atoms with Crippen molar-refractivity contribution in [2.45, 2.75) is 32.9 Å². The number of aryl methyl sites for hydroxylation is 2. The van der Waals surface area contributed by atoms with Crippen LogP contribution in [0.2, 0.25) is 5.02 Å². The van der Waals surface area contributed by atoms with E-state index in [2.05, 4.69) is 33.4 Å². The maximum atomic E-state index is 6.35. The fraction of sp³-hybridized carbons (Fsp3) is 0.357. The van der Waals surface area contributed by atoms with E-state index >= 15 is 0 Å². The predicted octanol–water partition coefficient (Wildman–Crippen LogP) is 3.37. The molecule has 0 radical (unpaired) electrons. The standard InChI is InChI=1S/C14H18BrClN4/c1-3-20-13(14(16)9(2)19-20)8-12(18-17)10-4-6-11(15)7-5-10/h4-7,12,18H,3,8,17H2,1-2H3. The van der Waals surface area contributed by atoms with Crippen LogP contribution in [0.15, 0.2) is 28.7 Å². The maximum absolute atomic E-state index is 6.35. The van der Waals surface area contributed by atoms with Crippen LogP contribution in [0.1, 0.15) is 29.9 Å². The molecule has 1 heterocycles. The molecule has 0 amide bonds. The van der Waals surface area contributed by atoms with Gasteiger partial charge in [0, 0.05) is 17.4 Å². The highest BCUT2D eigenvalue weighted by atomic mass is 79.9. The maximum Gasteiger partial charge on any atom is 0.0847 e. The van der Waals surface area contributed by atoms with Gasteiger partial charge in [-0.2, -0.15) is 5.10 Å². The Balaban J connectivity index is 2.28. The van der Waals surface area contributed by atoms with Crippen LogP contribution in [-0.2, 0) is 13.0 Å². The van der Waals surface area contributed by atoms with E-state index in [1.165, 1.54) is 0 Å². The highest BCUT2D eigenvalue weighted by molar-refractivity contribution is 9.10. The molecule has 0 aliphatic heterocycles. The van der Waals surface area contributed by atoms with Crippen LogP contribution in [-0.4, -0.2) is 9.78 Å². The number of nitrogens with two attached hydrogens (primary N) is 1. The lowest BCUT2D eigenvalue weighted by atomic mass is 10.0. The summed E-state index contributed by atoms with van der Waals surface area (Å²) in [6.07, 6.45) is 0.700. The molecule has 0 bridgehead atoms. The first-order valence-electron chi connectivity index (χ1n) is 6.50. The van der Waals surface area contributed by atoms with Gasteiger partial charge in [-0.05, 0) is 31.5 Å². The molecule has 0 aliphatic carbocycles. The van der Waals surface area contributed by atoms with E-state index in [9.17, 15) is 0 Å². The third-order valence-corrected chi connectivity index (χ3v) is 4.34. The van der Waals surface area contributed by atoms with Crippen molar-refractivity contribution < 1.29 is 0 Å². The summed E-state index contributed by atoms with van der Waals surface area (Å²) in [5, 5.41) is 5.16. The normalized spacial score (nSPS) is 12.7. The monoisotopic (exact) mass is 356 g/mol. The van der Waals surface area contributed by atoms with E-state index in [1.54, 1.807) is 0 Å². The Hall–Kier alpha value is -0.880. The van der Waals surface area contributed by atoms with Crippen molar-refractivity contribution in [1.82, 2.24) is 15.2 Å². The number of nitrogens with one attached hydrogen (secondary N) is 1. The molecule has 4 nitrogen and oxygen atoms in total. The van der Waals surface area contributed by atoms with Crippen molar-refractivity contribution >= 4 is 27.5 Å². The minimum Gasteiger partial charge on any atom is -0.271 e. The Morgan fingerprint density at radius 3 is 2.60 bits per heavy atom. The summed E-state index contributed by atoms with van der Waals surface area (Å²) in [7, 11) is 0. The highest BCUT2D eigenvalue weighted by Gasteiger charge is 2.18. The second-order valence-corrected chi connectivity index (χ2v) is 5.93. The number of benzene rings is 1. The Morgan fingerprint density at radius 2 is 2.05 bits per heavy atom. The first kappa shape index (κ1) is 15.5. The van der Waals surface area contributed by atoms with Crippen LogP contribution in [0, 0.1) is 6.92 Å². The summed E-state index contributed by atoms with van der Waals surface area (Å²) in [6.45, 7) is 4.76. The zero-order chi connectivity index (χ0) is 14.7. The van der Waals surface area contributed by atoms with Gasteiger partial charge in [0.15, 0.2) is 0 Å². The molecule has 0 fully saturated rings. The minimum atomic E-state index is 0.00185. The lowest BCUT2D eigenvalue weighted by molar-refractivity contribution is 0.517. The van der Waals surface area contributed by atoms with Crippen molar-refractivity contribution in [3.8, 4) is 0 Å². The van der Waals surface area contributed by atoms with Gasteiger partial charge in [-0.3, -0.25) is 16.0 Å². The van der Waals surface area contributed by atoms with Crippen molar-refractivity contribution in [3.63, 3.8) is 0 Å². The molecule has 2 rings (SSSR count). The number of halogens is 2. The van der Waals surface area contributed by atoms with Gasteiger partial charge in [-0.25, -0.2) is 0 Å². The van der Waals surface area contributed by atoms with E-state index in [4.69, 9.17) is 17.4 Å². The van der Waals surface area contributed by atoms with E-state index < -0.39 is 0 Å². The second kappa shape index (κ2) is 6.72. The molecule has 20 heavy (non-hydrogen) atoms. The number of aromatic nitrogens is 2. The second-order valence-electron chi connectivity index (χ2n) is 4.64. The highest BCUT2D eigenvalue weighted by Crippen LogP contribution is 2.26. The third kappa shape index (κ3) is 3.23. The Kier molecular flexibility index (Phi) is 5.21. The first-order valence-corrected chi connectivity index (χ1v) is 7.67. The number of hydrogen-bond donors (Lipinski definition) is 2. The molecule has 0 saturated heterocycles. The fourth-order valence-corrected chi connectivity index (χ4v) is 2.70. The summed E-state index contributed by atoms with van der Waals surface area (Å²) >= 11 is 9.78. The summed E-state index contributed by atoms with van der Waals surface area (Å²) in [4.78, 5) is 0. The average Bonchev–Trinajstić information content (AvgIpc) is 2.73. The zero-order valence-electron chi connectivity index (χ0n) is 11.5. The van der Waals surface area contributed by atoms with Gasteiger partial charge in [0.1, 0.15) is 0 Å². The molecule has 0 spiro atoms. The van der Waals surface area contributed by atoms with Gasteiger partial charge in [0.25, 0.3) is 0 Å². The Labute approximate surface area is 132 Å². The molecule has 1 aromatic carbocycles. The SMILES string of the molecule is CCn1nc(C)c(Cl)c1CC(NN)c1ccc(Br)cc1. The van der Waals surface area contributed by atoms with E-state index in [0.717, 1.165) is 33.0 Å². The van der Waals surface area contributed by atoms with E-state index in [1.807, 2.05) is 35.9 Å². The summed E-state index contributed by atoms with van der Waals surface area (Å²) in [5.74, 6) is 5.70. The van der Waals surface area contributed by atoms with Gasteiger partial charge in [-0.15, -0.1) is 0 Å². The molecule has 1 atom stereocenters. The van der Waals surface area contributed by atoms with Gasteiger partial charge in [0.2, 0.25) is 0 Å². The average molecular weight is 358 g/mol. The van der Waals surface area contributed by atoms with Crippen LogP contribution >= 0.6 is 27.5 Å². The van der Waals surface area contributed by atoms with E-state index in [-0.39, 0.29) is 6.04 Å². The number of hydrogen-bond acceptors (Lipinski definition) is 3. The molecule has 3 N–H and O–H groups in total. The molecule has 6 heteroatoms. The van der Waals surface area contributed by atoms with Gasteiger partial charge >= 0.3 is 0 Å². The third-order valence-electron chi connectivity index (χ3n) is 3.32. The fourth-order valence-electron chi connectivity index (χ4n) is 2.23. The molecular weight excluding hydrogens is 340 g/mol. The lowest BCUT2D eigenvalue weighted by Gasteiger charge is -2.17. The van der Waals surface area contributed by atoms with Crippen molar-refractivity contribution in [2.75, 3.05) is 0 Å².